The van der Waals surface area contributed by atoms with Gasteiger partial charge >= 0.3 is 6.09 Å². The number of nitrogens with one attached hydrogen (secondary N) is 1. The van der Waals surface area contributed by atoms with Crippen LogP contribution in [-0.2, 0) is 11.2 Å². The Balaban J connectivity index is 2.29. The summed E-state index contributed by atoms with van der Waals surface area (Å²) in [5, 5.41) is 6.46. The third-order valence-electron chi connectivity index (χ3n) is 2.06. The second kappa shape index (κ2) is 5.86. The van der Waals surface area contributed by atoms with Gasteiger partial charge in [-0.15, -0.1) is 0 Å². The van der Waals surface area contributed by atoms with E-state index in [1.807, 2.05) is 33.8 Å². The third-order valence-corrected chi connectivity index (χ3v) is 2.06. The molecule has 0 fully saturated rings. The zero-order valence-corrected chi connectivity index (χ0v) is 11.3. The number of hydrogen-bond donors (Lipinski definition) is 2. The van der Waals surface area contributed by atoms with Gasteiger partial charge < -0.3 is 20.3 Å². The van der Waals surface area contributed by atoms with Crippen LogP contribution in [0.5, 0.6) is 0 Å². The van der Waals surface area contributed by atoms with Crippen molar-refractivity contribution in [1.29, 1.82) is 0 Å². The molecule has 0 spiro atoms. The van der Waals surface area contributed by atoms with E-state index in [2.05, 4.69) is 10.5 Å². The topological polar surface area (TPSA) is 90.4 Å². The lowest BCUT2D eigenvalue weighted by atomic mass is 10.1. The number of carbonyl (C=O) groups is 1. The minimum Gasteiger partial charge on any atom is -0.444 e. The molecule has 1 aromatic rings. The van der Waals surface area contributed by atoms with E-state index in [-0.39, 0.29) is 6.04 Å². The lowest BCUT2D eigenvalue weighted by Gasteiger charge is -2.20. The summed E-state index contributed by atoms with van der Waals surface area (Å²) in [4.78, 5) is 11.4. The fourth-order valence-electron chi connectivity index (χ4n) is 1.38. The van der Waals surface area contributed by atoms with Crippen molar-refractivity contribution >= 4 is 6.09 Å². The van der Waals surface area contributed by atoms with Crippen LogP contribution < -0.4 is 11.1 Å². The highest BCUT2D eigenvalue weighted by atomic mass is 16.6. The predicted molar refractivity (Wildman–Crippen MR) is 67.2 cm³/mol. The summed E-state index contributed by atoms with van der Waals surface area (Å²) in [5.74, 6) is 0.748. The monoisotopic (exact) mass is 255 g/mol. The van der Waals surface area contributed by atoms with E-state index in [1.54, 1.807) is 0 Å². The van der Waals surface area contributed by atoms with Gasteiger partial charge in [-0.05, 0) is 27.7 Å². The predicted octanol–water partition coefficient (Wildman–Crippen LogP) is 1.38. The van der Waals surface area contributed by atoms with Crippen molar-refractivity contribution in [2.45, 2.75) is 45.8 Å². The number of ether oxygens (including phenoxy) is 1. The Labute approximate surface area is 107 Å². The first-order chi connectivity index (χ1) is 8.26. The molecule has 0 bridgehead atoms. The molecule has 0 saturated heterocycles. The van der Waals surface area contributed by atoms with Gasteiger partial charge in [-0.25, -0.2) is 4.79 Å². The maximum Gasteiger partial charge on any atom is 0.407 e. The van der Waals surface area contributed by atoms with E-state index < -0.39 is 11.7 Å². The van der Waals surface area contributed by atoms with Gasteiger partial charge in [-0.1, -0.05) is 5.16 Å². The average molecular weight is 255 g/mol. The molecule has 3 N–H and O–H groups in total. The van der Waals surface area contributed by atoms with Crippen molar-refractivity contribution < 1.29 is 14.1 Å². The summed E-state index contributed by atoms with van der Waals surface area (Å²) < 4.78 is 10.0. The van der Waals surface area contributed by atoms with Gasteiger partial charge in [-0.2, -0.15) is 0 Å². The Morgan fingerprint density at radius 3 is 2.78 bits per heavy atom. The Bertz CT molecular complexity index is 396. The summed E-state index contributed by atoms with van der Waals surface area (Å²) >= 11 is 0. The number of nitrogens with two attached hydrogens (primary N) is 1. The number of nitrogens with zero attached hydrogens (tertiary/aromatic N) is 1. The standard InChI is InChI=1S/C12H21N3O3/c1-8-5-10(15-18-8)6-9(13)7-14-11(16)17-12(2,3)4/h5,9H,6-7,13H2,1-4H3,(H,14,16). The Hall–Kier alpha value is -1.56. The maximum absolute atomic E-state index is 11.4. The molecule has 6 nitrogen and oxygen atoms in total. The fourth-order valence-corrected chi connectivity index (χ4v) is 1.38. The SMILES string of the molecule is Cc1cc(CC(N)CNC(=O)OC(C)(C)C)no1. The molecule has 0 aliphatic carbocycles. The van der Waals surface area contributed by atoms with Gasteiger partial charge in [0.1, 0.15) is 11.4 Å². The van der Waals surface area contributed by atoms with E-state index in [0.717, 1.165) is 11.5 Å². The van der Waals surface area contributed by atoms with Crippen molar-refractivity contribution in [1.82, 2.24) is 10.5 Å². The van der Waals surface area contributed by atoms with Crippen LogP contribution in [0.25, 0.3) is 0 Å². The highest BCUT2D eigenvalue weighted by Crippen LogP contribution is 2.07. The van der Waals surface area contributed by atoms with Gasteiger partial charge in [0, 0.05) is 25.1 Å². The first kappa shape index (κ1) is 14.5. The van der Waals surface area contributed by atoms with Crippen LogP contribution in [0.1, 0.15) is 32.2 Å². The minimum absolute atomic E-state index is 0.220. The van der Waals surface area contributed by atoms with Gasteiger partial charge in [0.25, 0.3) is 0 Å². The van der Waals surface area contributed by atoms with Crippen molar-refractivity contribution in [3.8, 4) is 0 Å². The number of alkyl carbamates (subject to hydrolysis) is 1. The second-order valence-corrected chi connectivity index (χ2v) is 5.28. The van der Waals surface area contributed by atoms with Crippen LogP contribution in [0.15, 0.2) is 10.6 Å². The minimum atomic E-state index is -0.503. The molecule has 1 amide bonds. The summed E-state index contributed by atoms with van der Waals surface area (Å²) in [6.45, 7) is 7.59. The van der Waals surface area contributed by atoms with E-state index >= 15 is 0 Å². The molecule has 1 unspecified atom stereocenters. The van der Waals surface area contributed by atoms with Crippen molar-refractivity contribution in [3.05, 3.63) is 17.5 Å². The van der Waals surface area contributed by atoms with E-state index in [9.17, 15) is 4.79 Å². The largest absolute Gasteiger partial charge is 0.444 e. The normalized spacial score (nSPS) is 13.2. The molecule has 6 heteroatoms. The molecule has 102 valence electrons. The molecule has 1 rings (SSSR count). The van der Waals surface area contributed by atoms with Crippen molar-refractivity contribution in [2.24, 2.45) is 5.73 Å². The van der Waals surface area contributed by atoms with Crippen LogP contribution in [-0.4, -0.2) is 29.4 Å². The molecule has 0 aromatic carbocycles. The first-order valence-corrected chi connectivity index (χ1v) is 5.91. The zero-order chi connectivity index (χ0) is 13.8. The van der Waals surface area contributed by atoms with E-state index in [4.69, 9.17) is 15.0 Å². The van der Waals surface area contributed by atoms with Gasteiger partial charge in [0.05, 0.1) is 5.69 Å². The average Bonchev–Trinajstić information content (AvgIpc) is 2.58. The summed E-state index contributed by atoms with van der Waals surface area (Å²) in [6.07, 6.45) is 0.0851. The van der Waals surface area contributed by atoms with Crippen LogP contribution in [0, 0.1) is 6.92 Å². The number of rotatable bonds is 4. The molecule has 0 aliphatic heterocycles. The molecule has 18 heavy (non-hydrogen) atoms. The summed E-state index contributed by atoms with van der Waals surface area (Å²) in [6, 6.07) is 1.61. The third kappa shape index (κ3) is 5.67. The highest BCUT2D eigenvalue weighted by Gasteiger charge is 2.16. The second-order valence-electron chi connectivity index (χ2n) is 5.28. The van der Waals surface area contributed by atoms with Crippen molar-refractivity contribution in [3.63, 3.8) is 0 Å². The molecular weight excluding hydrogens is 234 g/mol. The Morgan fingerprint density at radius 1 is 1.61 bits per heavy atom. The molecule has 0 saturated carbocycles. The fraction of sp³-hybridized carbons (Fsp3) is 0.667. The molecule has 0 aliphatic rings. The smallest absolute Gasteiger partial charge is 0.407 e. The van der Waals surface area contributed by atoms with Crippen LogP contribution in [0.3, 0.4) is 0 Å². The van der Waals surface area contributed by atoms with Crippen LogP contribution >= 0.6 is 0 Å². The van der Waals surface area contributed by atoms with Gasteiger partial charge in [-0.3, -0.25) is 0 Å². The lowest BCUT2D eigenvalue weighted by molar-refractivity contribution is 0.0524. The van der Waals surface area contributed by atoms with Crippen molar-refractivity contribution in [2.75, 3.05) is 6.54 Å². The Morgan fingerprint density at radius 2 is 2.28 bits per heavy atom. The van der Waals surface area contributed by atoms with Crippen LogP contribution in [0.4, 0.5) is 4.79 Å². The molecule has 1 heterocycles. The quantitative estimate of drug-likeness (QED) is 0.848. The van der Waals surface area contributed by atoms with Gasteiger partial charge in [0.15, 0.2) is 0 Å². The van der Waals surface area contributed by atoms with E-state index in [0.29, 0.717) is 13.0 Å². The number of amides is 1. The maximum atomic E-state index is 11.4. The first-order valence-electron chi connectivity index (χ1n) is 5.91. The Kier molecular flexibility index (Phi) is 4.72. The summed E-state index contributed by atoms with van der Waals surface area (Å²) in [7, 11) is 0. The molecule has 1 aromatic heterocycles. The number of hydrogen-bond acceptors (Lipinski definition) is 5. The molecule has 1 atom stereocenters. The van der Waals surface area contributed by atoms with E-state index in [1.165, 1.54) is 0 Å². The number of aryl methyl sites for hydroxylation is 1. The zero-order valence-electron chi connectivity index (χ0n) is 11.3. The highest BCUT2D eigenvalue weighted by molar-refractivity contribution is 5.67. The molecule has 0 radical (unpaired) electrons. The lowest BCUT2D eigenvalue weighted by Crippen LogP contribution is -2.41. The van der Waals surface area contributed by atoms with Crippen LogP contribution in [0.2, 0.25) is 0 Å². The van der Waals surface area contributed by atoms with Gasteiger partial charge in [0.2, 0.25) is 0 Å². The molecular formula is C12H21N3O3. The summed E-state index contributed by atoms with van der Waals surface area (Å²) in [5.41, 5.74) is 6.16. The number of carbonyl (C=O) groups excluding carboxylic acids is 1. The number of aromatic nitrogens is 1.